The van der Waals surface area contributed by atoms with E-state index in [1.165, 1.54) is 13.0 Å². The molecule has 0 aliphatic heterocycles. The molecule has 0 saturated heterocycles. The molecule has 2 aromatic rings. The molecule has 0 saturated carbocycles. The summed E-state index contributed by atoms with van der Waals surface area (Å²) in [6.07, 6.45) is 0. The molecule has 0 N–H and O–H groups in total. The van der Waals surface area contributed by atoms with Crippen LogP contribution in [0.5, 0.6) is 5.75 Å². The summed E-state index contributed by atoms with van der Waals surface area (Å²) >= 11 is 9.00. The van der Waals surface area contributed by atoms with Gasteiger partial charge in [0.15, 0.2) is 5.78 Å². The van der Waals surface area contributed by atoms with E-state index >= 15 is 0 Å². The van der Waals surface area contributed by atoms with Crippen molar-refractivity contribution in [3.63, 3.8) is 0 Å². The Labute approximate surface area is 129 Å². The lowest BCUT2D eigenvalue weighted by Gasteiger charge is -2.11. The lowest BCUT2D eigenvalue weighted by molar-refractivity contribution is 0.101. The van der Waals surface area contributed by atoms with Gasteiger partial charge in [0.1, 0.15) is 18.2 Å². The number of hydrogen-bond donors (Lipinski definition) is 0. The first kappa shape index (κ1) is 15.0. The highest BCUT2D eigenvalue weighted by Crippen LogP contribution is 2.25. The standard InChI is InChI=1S/C15H11BrClFO2/c1-9(19)12-7-11(16)5-6-14(12)20-8-10-3-2-4-13(17)15(10)18/h2-7H,8H2,1H3. The first-order valence-electron chi connectivity index (χ1n) is 5.85. The Morgan fingerprint density at radius 3 is 2.80 bits per heavy atom. The average Bonchev–Trinajstić information content (AvgIpc) is 2.41. The molecule has 2 aromatic carbocycles. The normalized spacial score (nSPS) is 10.4. The highest BCUT2D eigenvalue weighted by molar-refractivity contribution is 9.10. The molecule has 0 aliphatic carbocycles. The van der Waals surface area contributed by atoms with E-state index in [1.807, 2.05) is 0 Å². The molecule has 0 fully saturated rings. The molecular formula is C15H11BrClFO2. The molecule has 0 unspecified atom stereocenters. The first-order valence-corrected chi connectivity index (χ1v) is 7.02. The van der Waals surface area contributed by atoms with Crippen LogP contribution in [0.15, 0.2) is 40.9 Å². The maximum absolute atomic E-state index is 13.7. The number of rotatable bonds is 4. The minimum absolute atomic E-state index is 0.00824. The lowest BCUT2D eigenvalue weighted by Crippen LogP contribution is -2.03. The molecule has 0 bridgehead atoms. The summed E-state index contributed by atoms with van der Waals surface area (Å²) in [5, 5.41) is 0.0497. The summed E-state index contributed by atoms with van der Waals surface area (Å²) < 4.78 is 20.1. The number of halogens is 3. The predicted molar refractivity (Wildman–Crippen MR) is 79.9 cm³/mol. The van der Waals surface area contributed by atoms with Gasteiger partial charge in [0.25, 0.3) is 0 Å². The largest absolute Gasteiger partial charge is 0.488 e. The van der Waals surface area contributed by atoms with E-state index in [9.17, 15) is 9.18 Å². The molecule has 0 heterocycles. The molecular weight excluding hydrogens is 347 g/mol. The van der Waals surface area contributed by atoms with Crippen molar-refractivity contribution in [2.45, 2.75) is 13.5 Å². The lowest BCUT2D eigenvalue weighted by atomic mass is 10.1. The Bertz CT molecular complexity index is 658. The zero-order valence-electron chi connectivity index (χ0n) is 10.6. The van der Waals surface area contributed by atoms with Gasteiger partial charge in [-0.25, -0.2) is 4.39 Å². The number of carbonyl (C=O) groups is 1. The van der Waals surface area contributed by atoms with Crippen LogP contribution in [0.4, 0.5) is 4.39 Å². The Hall–Kier alpha value is -1.39. The van der Waals surface area contributed by atoms with Crippen molar-refractivity contribution in [3.05, 3.63) is 62.8 Å². The number of ether oxygens (including phenoxy) is 1. The maximum Gasteiger partial charge on any atom is 0.163 e. The third kappa shape index (κ3) is 3.38. The fourth-order valence-corrected chi connectivity index (χ4v) is 2.27. The van der Waals surface area contributed by atoms with Crippen LogP contribution in [0, 0.1) is 5.82 Å². The first-order chi connectivity index (χ1) is 9.49. The minimum atomic E-state index is -0.504. The molecule has 0 amide bonds. The van der Waals surface area contributed by atoms with Crippen molar-refractivity contribution in [2.75, 3.05) is 0 Å². The zero-order valence-corrected chi connectivity index (χ0v) is 13.0. The molecule has 0 aromatic heterocycles. The number of ketones is 1. The molecule has 0 atom stereocenters. The van der Waals surface area contributed by atoms with E-state index in [0.29, 0.717) is 16.9 Å². The van der Waals surface area contributed by atoms with Gasteiger partial charge >= 0.3 is 0 Å². The van der Waals surface area contributed by atoms with E-state index in [-0.39, 0.29) is 17.4 Å². The summed E-state index contributed by atoms with van der Waals surface area (Å²) in [6, 6.07) is 9.82. The SMILES string of the molecule is CC(=O)c1cc(Br)ccc1OCc1cccc(Cl)c1F. The van der Waals surface area contributed by atoms with Crippen LogP contribution in [0.2, 0.25) is 5.02 Å². The second-order valence-electron chi connectivity index (χ2n) is 4.20. The Morgan fingerprint density at radius 1 is 1.35 bits per heavy atom. The second kappa shape index (κ2) is 6.37. The van der Waals surface area contributed by atoms with Crippen molar-refractivity contribution < 1.29 is 13.9 Å². The van der Waals surface area contributed by atoms with Crippen LogP contribution < -0.4 is 4.74 Å². The molecule has 5 heteroatoms. The third-order valence-corrected chi connectivity index (χ3v) is 3.52. The smallest absolute Gasteiger partial charge is 0.163 e. The Balaban J connectivity index is 2.23. The van der Waals surface area contributed by atoms with E-state index < -0.39 is 5.82 Å². The summed E-state index contributed by atoms with van der Waals surface area (Å²) in [5.41, 5.74) is 0.789. The molecule has 0 spiro atoms. The van der Waals surface area contributed by atoms with Crippen LogP contribution in [0.3, 0.4) is 0 Å². The van der Waals surface area contributed by atoms with Crippen LogP contribution in [-0.2, 0) is 6.61 Å². The average molecular weight is 358 g/mol. The second-order valence-corrected chi connectivity index (χ2v) is 5.52. The van der Waals surface area contributed by atoms with Crippen LogP contribution >= 0.6 is 27.5 Å². The molecule has 104 valence electrons. The van der Waals surface area contributed by atoms with Crippen molar-refractivity contribution >= 4 is 33.3 Å². The summed E-state index contributed by atoms with van der Waals surface area (Å²) in [4.78, 5) is 11.6. The summed E-state index contributed by atoms with van der Waals surface area (Å²) in [5.74, 6) is -0.205. The van der Waals surface area contributed by atoms with Crippen molar-refractivity contribution in [2.24, 2.45) is 0 Å². The van der Waals surface area contributed by atoms with Gasteiger partial charge in [0.2, 0.25) is 0 Å². The highest BCUT2D eigenvalue weighted by Gasteiger charge is 2.11. The third-order valence-electron chi connectivity index (χ3n) is 2.74. The zero-order chi connectivity index (χ0) is 14.7. The van der Waals surface area contributed by atoms with E-state index in [4.69, 9.17) is 16.3 Å². The molecule has 0 aliphatic rings. The molecule has 2 nitrogen and oxygen atoms in total. The molecule has 20 heavy (non-hydrogen) atoms. The number of carbonyl (C=O) groups excluding carboxylic acids is 1. The van der Waals surface area contributed by atoms with E-state index in [2.05, 4.69) is 15.9 Å². The Kier molecular flexibility index (Phi) is 4.78. The molecule has 0 radical (unpaired) electrons. The van der Waals surface area contributed by atoms with E-state index in [1.54, 1.807) is 30.3 Å². The van der Waals surface area contributed by atoms with Crippen molar-refractivity contribution in [3.8, 4) is 5.75 Å². The van der Waals surface area contributed by atoms with Gasteiger partial charge < -0.3 is 4.74 Å². The number of hydrogen-bond acceptors (Lipinski definition) is 2. The minimum Gasteiger partial charge on any atom is -0.488 e. The monoisotopic (exact) mass is 356 g/mol. The van der Waals surface area contributed by atoms with Gasteiger partial charge in [-0.2, -0.15) is 0 Å². The maximum atomic E-state index is 13.7. The van der Waals surface area contributed by atoms with Gasteiger partial charge in [-0.05, 0) is 31.2 Å². The Morgan fingerprint density at radius 2 is 2.10 bits per heavy atom. The fourth-order valence-electron chi connectivity index (χ4n) is 1.72. The summed E-state index contributed by atoms with van der Waals surface area (Å²) in [6.45, 7) is 1.46. The topological polar surface area (TPSA) is 26.3 Å². The quantitative estimate of drug-likeness (QED) is 0.718. The van der Waals surface area contributed by atoms with Crippen LogP contribution in [0.25, 0.3) is 0 Å². The molecule has 2 rings (SSSR count). The van der Waals surface area contributed by atoms with Gasteiger partial charge in [-0.1, -0.05) is 39.7 Å². The van der Waals surface area contributed by atoms with Gasteiger partial charge in [-0.15, -0.1) is 0 Å². The van der Waals surface area contributed by atoms with Crippen LogP contribution in [0.1, 0.15) is 22.8 Å². The van der Waals surface area contributed by atoms with Gasteiger partial charge in [0, 0.05) is 10.0 Å². The predicted octanol–water partition coefficient (Wildman–Crippen LogP) is 5.02. The van der Waals surface area contributed by atoms with Crippen molar-refractivity contribution in [1.82, 2.24) is 0 Å². The number of benzene rings is 2. The van der Waals surface area contributed by atoms with Gasteiger partial charge in [-0.3, -0.25) is 4.79 Å². The van der Waals surface area contributed by atoms with Crippen LogP contribution in [-0.4, -0.2) is 5.78 Å². The fraction of sp³-hybridized carbons (Fsp3) is 0.133. The van der Waals surface area contributed by atoms with E-state index in [0.717, 1.165) is 4.47 Å². The highest BCUT2D eigenvalue weighted by atomic mass is 79.9. The van der Waals surface area contributed by atoms with Gasteiger partial charge in [0.05, 0.1) is 10.6 Å². The van der Waals surface area contributed by atoms with Crippen molar-refractivity contribution in [1.29, 1.82) is 0 Å². The summed E-state index contributed by atoms with van der Waals surface area (Å²) in [7, 11) is 0. The number of Topliss-reactive ketones (excluding diaryl/α,β-unsaturated/α-hetero) is 1.